The zero-order chi connectivity index (χ0) is 27.7. The van der Waals surface area contributed by atoms with Crippen molar-refractivity contribution in [1.29, 1.82) is 5.26 Å². The molecule has 2 amide bonds. The first kappa shape index (κ1) is 27.9. The highest BCUT2D eigenvalue weighted by Gasteiger charge is 2.16. The van der Waals surface area contributed by atoms with Gasteiger partial charge in [0.1, 0.15) is 11.6 Å². The van der Waals surface area contributed by atoms with E-state index >= 15 is 0 Å². The predicted octanol–water partition coefficient (Wildman–Crippen LogP) is 5.63. The van der Waals surface area contributed by atoms with Gasteiger partial charge < -0.3 is 20.1 Å². The Morgan fingerprint density at radius 1 is 1.08 bits per heavy atom. The second-order valence-electron chi connectivity index (χ2n) is 7.90. The molecule has 10 nitrogen and oxygen atoms in total. The van der Waals surface area contributed by atoms with E-state index in [0.29, 0.717) is 28.1 Å². The summed E-state index contributed by atoms with van der Waals surface area (Å²) in [6, 6.07) is 17.8. The Labute approximate surface area is 227 Å². The number of ether oxygens (including phenoxy) is 2. The molecule has 0 heterocycles. The molecule has 0 radical (unpaired) electrons. The second-order valence-corrected chi connectivity index (χ2v) is 8.76. The Hall–Kier alpha value is -4.69. The molecule has 0 aliphatic rings. The number of non-ortho nitro benzene ring substituents is 1. The van der Waals surface area contributed by atoms with Crippen LogP contribution < -0.4 is 20.1 Å². The van der Waals surface area contributed by atoms with Crippen molar-refractivity contribution in [2.75, 3.05) is 23.8 Å². The molecule has 194 valence electrons. The van der Waals surface area contributed by atoms with Gasteiger partial charge in [0, 0.05) is 23.5 Å². The molecule has 0 unspecified atom stereocenters. The van der Waals surface area contributed by atoms with E-state index < -0.39 is 10.8 Å². The zero-order valence-electron chi connectivity index (χ0n) is 20.5. The van der Waals surface area contributed by atoms with E-state index in [4.69, 9.17) is 9.47 Å². The lowest BCUT2D eigenvalue weighted by atomic mass is 10.1. The van der Waals surface area contributed by atoms with Gasteiger partial charge in [-0.25, -0.2) is 0 Å². The highest BCUT2D eigenvalue weighted by atomic mass is 79.9. The number of rotatable bonds is 10. The van der Waals surface area contributed by atoms with Gasteiger partial charge in [-0.2, -0.15) is 5.26 Å². The number of halogens is 1. The molecule has 0 atom stereocenters. The van der Waals surface area contributed by atoms with Gasteiger partial charge >= 0.3 is 0 Å². The molecule has 3 aromatic rings. The van der Waals surface area contributed by atoms with Crippen LogP contribution in [0.15, 0.2) is 70.7 Å². The lowest BCUT2D eigenvalue weighted by Gasteiger charge is -2.15. The van der Waals surface area contributed by atoms with Crippen LogP contribution >= 0.6 is 15.9 Å². The molecule has 0 aliphatic heterocycles. The molecule has 0 saturated carbocycles. The van der Waals surface area contributed by atoms with Gasteiger partial charge in [-0.15, -0.1) is 0 Å². The van der Waals surface area contributed by atoms with E-state index in [0.717, 1.165) is 5.56 Å². The molecule has 11 heteroatoms. The van der Waals surface area contributed by atoms with E-state index in [2.05, 4.69) is 26.6 Å². The first-order chi connectivity index (χ1) is 18.2. The molecule has 38 heavy (non-hydrogen) atoms. The molecule has 0 fully saturated rings. The van der Waals surface area contributed by atoms with Crippen molar-refractivity contribution in [3.05, 3.63) is 92.0 Å². The molecule has 0 aliphatic carbocycles. The Kier molecular flexibility index (Phi) is 9.56. The van der Waals surface area contributed by atoms with Gasteiger partial charge in [0.05, 0.1) is 16.0 Å². The van der Waals surface area contributed by atoms with E-state index in [1.54, 1.807) is 25.1 Å². The fraction of sp³-hybridized carbons (Fsp3) is 0.148. The number of anilines is 2. The molecule has 0 aromatic heterocycles. The van der Waals surface area contributed by atoms with E-state index in [1.807, 2.05) is 31.2 Å². The van der Waals surface area contributed by atoms with Gasteiger partial charge in [-0.05, 0) is 77.3 Å². The van der Waals surface area contributed by atoms with Crippen LogP contribution in [0.25, 0.3) is 6.08 Å². The van der Waals surface area contributed by atoms with Crippen LogP contribution in [-0.2, 0) is 9.59 Å². The quantitative estimate of drug-likeness (QED) is 0.137. The normalized spacial score (nSPS) is 10.7. The molecule has 3 aromatic carbocycles. The largest absolute Gasteiger partial charge is 0.490 e. The van der Waals surface area contributed by atoms with Crippen LogP contribution in [-0.4, -0.2) is 30.0 Å². The minimum atomic E-state index is -0.741. The van der Waals surface area contributed by atoms with Crippen molar-refractivity contribution < 1.29 is 24.0 Å². The van der Waals surface area contributed by atoms with Gasteiger partial charge in [0.25, 0.3) is 17.5 Å². The van der Waals surface area contributed by atoms with Crippen molar-refractivity contribution in [3.8, 4) is 17.6 Å². The maximum Gasteiger partial charge on any atom is 0.271 e. The standard InChI is InChI=1S/C27H23BrN4O6/c1-3-37-24-13-18(11-19(15-29)27(34)31-21-8-5-9-22(14-21)32(35)36)12-23(28)26(24)38-16-25(33)30-20-7-4-6-17(2)10-20/h4-14H,3,16H2,1-2H3,(H,30,33)(H,31,34)/b19-11+. The van der Waals surface area contributed by atoms with Crippen molar-refractivity contribution >= 4 is 50.9 Å². The zero-order valence-corrected chi connectivity index (χ0v) is 22.1. The first-order valence-electron chi connectivity index (χ1n) is 11.3. The minimum absolute atomic E-state index is 0.175. The molecular weight excluding hydrogens is 556 g/mol. The summed E-state index contributed by atoms with van der Waals surface area (Å²) in [6.07, 6.45) is 1.34. The fourth-order valence-electron chi connectivity index (χ4n) is 3.34. The Bertz CT molecular complexity index is 1450. The third-order valence-corrected chi connectivity index (χ3v) is 5.56. The summed E-state index contributed by atoms with van der Waals surface area (Å²) in [5.41, 5.74) is 1.84. The molecule has 2 N–H and O–H groups in total. The second kappa shape index (κ2) is 13.0. The maximum absolute atomic E-state index is 12.7. The molecular formula is C27H23BrN4O6. The average molecular weight is 579 g/mol. The first-order valence-corrected chi connectivity index (χ1v) is 12.1. The van der Waals surface area contributed by atoms with Crippen LogP contribution in [0.4, 0.5) is 17.1 Å². The smallest absolute Gasteiger partial charge is 0.271 e. The number of hydrogen-bond donors (Lipinski definition) is 2. The number of carbonyl (C=O) groups excluding carboxylic acids is 2. The third kappa shape index (κ3) is 7.65. The number of nitrogens with one attached hydrogen (secondary N) is 2. The summed E-state index contributed by atoms with van der Waals surface area (Å²) in [5, 5.41) is 25.8. The monoisotopic (exact) mass is 578 g/mol. The summed E-state index contributed by atoms with van der Waals surface area (Å²) in [4.78, 5) is 35.4. The summed E-state index contributed by atoms with van der Waals surface area (Å²) >= 11 is 3.41. The van der Waals surface area contributed by atoms with Crippen molar-refractivity contribution in [2.45, 2.75) is 13.8 Å². The molecule has 0 bridgehead atoms. The van der Waals surface area contributed by atoms with Crippen LogP contribution in [0.3, 0.4) is 0 Å². The van der Waals surface area contributed by atoms with Crippen molar-refractivity contribution in [3.63, 3.8) is 0 Å². The third-order valence-electron chi connectivity index (χ3n) is 4.97. The van der Waals surface area contributed by atoms with E-state index in [-0.39, 0.29) is 35.2 Å². The van der Waals surface area contributed by atoms with Crippen LogP contribution in [0, 0.1) is 28.4 Å². The number of nitro groups is 1. The Morgan fingerprint density at radius 2 is 1.79 bits per heavy atom. The van der Waals surface area contributed by atoms with Gasteiger partial charge in [-0.3, -0.25) is 19.7 Å². The van der Waals surface area contributed by atoms with E-state index in [9.17, 15) is 25.0 Å². The van der Waals surface area contributed by atoms with Crippen LogP contribution in [0.5, 0.6) is 11.5 Å². The molecule has 0 saturated heterocycles. The van der Waals surface area contributed by atoms with Crippen LogP contribution in [0.2, 0.25) is 0 Å². The number of benzene rings is 3. The molecule has 0 spiro atoms. The van der Waals surface area contributed by atoms with Gasteiger partial charge in [0.15, 0.2) is 18.1 Å². The van der Waals surface area contributed by atoms with Crippen LogP contribution in [0.1, 0.15) is 18.1 Å². The summed E-state index contributed by atoms with van der Waals surface area (Å²) in [6.45, 7) is 3.71. The summed E-state index contributed by atoms with van der Waals surface area (Å²) in [5.74, 6) is -0.524. The van der Waals surface area contributed by atoms with Gasteiger partial charge in [-0.1, -0.05) is 18.2 Å². The van der Waals surface area contributed by atoms with Crippen molar-refractivity contribution in [2.24, 2.45) is 0 Å². The Morgan fingerprint density at radius 3 is 2.45 bits per heavy atom. The van der Waals surface area contributed by atoms with E-state index in [1.165, 1.54) is 30.3 Å². The maximum atomic E-state index is 12.7. The van der Waals surface area contributed by atoms with Gasteiger partial charge in [0.2, 0.25) is 0 Å². The number of hydrogen-bond acceptors (Lipinski definition) is 7. The lowest BCUT2D eigenvalue weighted by molar-refractivity contribution is -0.384. The highest BCUT2D eigenvalue weighted by Crippen LogP contribution is 2.37. The highest BCUT2D eigenvalue weighted by molar-refractivity contribution is 9.10. The minimum Gasteiger partial charge on any atom is -0.490 e. The number of nitro benzene ring substituents is 1. The predicted molar refractivity (Wildman–Crippen MR) is 146 cm³/mol. The number of aryl methyl sites for hydroxylation is 1. The topological polar surface area (TPSA) is 144 Å². The fourth-order valence-corrected chi connectivity index (χ4v) is 3.92. The van der Waals surface area contributed by atoms with Crippen molar-refractivity contribution in [1.82, 2.24) is 0 Å². The molecule has 3 rings (SSSR count). The number of carbonyl (C=O) groups is 2. The SMILES string of the molecule is CCOc1cc(/C=C(\C#N)C(=O)Nc2cccc([N+](=O)[O-])c2)cc(Br)c1OCC(=O)Nc1cccc(C)c1. The number of nitriles is 1. The summed E-state index contributed by atoms with van der Waals surface area (Å²) in [7, 11) is 0. The Balaban J connectivity index is 1.78. The lowest BCUT2D eigenvalue weighted by Crippen LogP contribution is -2.20. The summed E-state index contributed by atoms with van der Waals surface area (Å²) < 4.78 is 11.8. The average Bonchev–Trinajstić information content (AvgIpc) is 2.87. The number of nitrogens with zero attached hydrogens (tertiary/aromatic N) is 2. The number of amides is 2.